The Morgan fingerprint density at radius 2 is 1.85 bits per heavy atom. The van der Waals surface area contributed by atoms with Crippen LogP contribution in [0.5, 0.6) is 5.75 Å². The van der Waals surface area contributed by atoms with E-state index >= 15 is 0 Å². The molecule has 2 aromatic carbocycles. The summed E-state index contributed by atoms with van der Waals surface area (Å²) >= 11 is 0. The van der Waals surface area contributed by atoms with E-state index in [9.17, 15) is 4.79 Å². The van der Waals surface area contributed by atoms with Crippen molar-refractivity contribution in [3.05, 3.63) is 65.2 Å². The summed E-state index contributed by atoms with van der Waals surface area (Å²) in [6, 6.07) is 15.5. The molecular formula is C21H29N3O2. The summed E-state index contributed by atoms with van der Waals surface area (Å²) in [5.74, 6) is 0.747. The van der Waals surface area contributed by atoms with E-state index in [2.05, 4.69) is 30.1 Å². The molecule has 0 aromatic heterocycles. The maximum absolute atomic E-state index is 12.5. The highest BCUT2D eigenvalue weighted by atomic mass is 16.5. The molecule has 26 heavy (non-hydrogen) atoms. The van der Waals surface area contributed by atoms with Gasteiger partial charge in [-0.1, -0.05) is 38.1 Å². The second-order valence-electron chi connectivity index (χ2n) is 6.12. The predicted octanol–water partition coefficient (Wildman–Crippen LogP) is 2.97. The van der Waals surface area contributed by atoms with Gasteiger partial charge in [0.05, 0.1) is 13.2 Å². The van der Waals surface area contributed by atoms with Gasteiger partial charge in [0.15, 0.2) is 0 Å². The number of carbonyl (C=O) groups excluding carboxylic acids is 1. The molecule has 5 heteroatoms. The minimum atomic E-state index is -0.0753. The number of benzene rings is 2. The van der Waals surface area contributed by atoms with E-state index in [1.807, 2.05) is 42.5 Å². The molecule has 0 radical (unpaired) electrons. The first kappa shape index (κ1) is 19.9. The normalized spacial score (nSPS) is 12.0. The summed E-state index contributed by atoms with van der Waals surface area (Å²) in [6.07, 6.45) is 0. The summed E-state index contributed by atoms with van der Waals surface area (Å²) in [5.41, 5.74) is 8.40. The maximum Gasteiger partial charge on any atom is 0.251 e. The van der Waals surface area contributed by atoms with E-state index in [0.29, 0.717) is 18.7 Å². The first-order valence-electron chi connectivity index (χ1n) is 9.08. The summed E-state index contributed by atoms with van der Waals surface area (Å²) in [7, 11) is 1.66. The fraction of sp³-hybridized carbons (Fsp3) is 0.381. The van der Waals surface area contributed by atoms with Crippen LogP contribution in [0.1, 0.15) is 41.4 Å². The van der Waals surface area contributed by atoms with Gasteiger partial charge in [-0.25, -0.2) is 0 Å². The van der Waals surface area contributed by atoms with Gasteiger partial charge in [-0.2, -0.15) is 0 Å². The molecule has 140 valence electrons. The van der Waals surface area contributed by atoms with Crippen molar-refractivity contribution in [3.63, 3.8) is 0 Å². The van der Waals surface area contributed by atoms with Crippen molar-refractivity contribution in [2.75, 3.05) is 26.7 Å². The molecule has 1 atom stereocenters. The Balaban J connectivity index is 2.14. The van der Waals surface area contributed by atoms with Gasteiger partial charge in [-0.3, -0.25) is 9.69 Å². The Morgan fingerprint density at radius 3 is 2.42 bits per heavy atom. The van der Waals surface area contributed by atoms with Crippen LogP contribution in [0, 0.1) is 0 Å². The van der Waals surface area contributed by atoms with E-state index < -0.39 is 0 Å². The zero-order valence-corrected chi connectivity index (χ0v) is 15.9. The zero-order chi connectivity index (χ0) is 18.9. The lowest BCUT2D eigenvalue weighted by Gasteiger charge is -2.30. The minimum absolute atomic E-state index is 0.0753. The lowest BCUT2D eigenvalue weighted by atomic mass is 10.0. The van der Waals surface area contributed by atoms with Gasteiger partial charge < -0.3 is 15.8 Å². The van der Waals surface area contributed by atoms with Crippen LogP contribution in [0.25, 0.3) is 0 Å². The molecule has 3 N–H and O–H groups in total. The van der Waals surface area contributed by atoms with Crippen molar-refractivity contribution in [1.29, 1.82) is 0 Å². The van der Waals surface area contributed by atoms with Gasteiger partial charge in [-0.15, -0.1) is 0 Å². The fourth-order valence-corrected chi connectivity index (χ4v) is 3.05. The van der Waals surface area contributed by atoms with E-state index in [0.717, 1.165) is 30.0 Å². The number of rotatable bonds is 9. The minimum Gasteiger partial charge on any atom is -0.497 e. The van der Waals surface area contributed by atoms with Crippen LogP contribution in [-0.2, 0) is 6.54 Å². The molecule has 1 amide bonds. The lowest BCUT2D eigenvalue weighted by molar-refractivity contribution is 0.0935. The van der Waals surface area contributed by atoms with Crippen molar-refractivity contribution in [3.8, 4) is 5.75 Å². The third-order valence-corrected chi connectivity index (χ3v) is 4.64. The number of ether oxygens (including phenoxy) is 1. The highest BCUT2D eigenvalue weighted by Crippen LogP contribution is 2.24. The van der Waals surface area contributed by atoms with Gasteiger partial charge in [0.2, 0.25) is 0 Å². The molecule has 2 aromatic rings. The highest BCUT2D eigenvalue weighted by molar-refractivity contribution is 5.94. The number of amides is 1. The zero-order valence-electron chi connectivity index (χ0n) is 15.9. The molecule has 2 rings (SSSR count). The monoisotopic (exact) mass is 355 g/mol. The molecule has 0 bridgehead atoms. The van der Waals surface area contributed by atoms with Gasteiger partial charge in [0.25, 0.3) is 5.91 Å². The number of likely N-dealkylation sites (N-methyl/N-ethyl adjacent to an activating group) is 1. The molecule has 0 fully saturated rings. The first-order valence-corrected chi connectivity index (χ1v) is 9.08. The Bertz CT molecular complexity index is 697. The molecule has 0 aliphatic rings. The summed E-state index contributed by atoms with van der Waals surface area (Å²) < 4.78 is 5.35. The standard InChI is InChI=1S/C21H29N3O2/c1-4-24(5-2)20(18-7-6-8-19(13-18)26-3)15-23-21(25)17-11-9-16(14-22)10-12-17/h6-13,20H,4-5,14-15,22H2,1-3H3,(H,23,25). The molecule has 0 spiro atoms. The van der Waals surface area contributed by atoms with Crippen molar-refractivity contribution in [2.24, 2.45) is 5.73 Å². The SMILES string of the molecule is CCN(CC)C(CNC(=O)c1ccc(CN)cc1)c1cccc(OC)c1. The quantitative estimate of drug-likeness (QED) is 0.726. The number of nitrogens with two attached hydrogens (primary N) is 1. The van der Waals surface area contributed by atoms with Crippen LogP contribution < -0.4 is 15.8 Å². The second kappa shape index (κ2) is 9.94. The molecule has 0 saturated carbocycles. The number of hydrogen-bond donors (Lipinski definition) is 2. The average molecular weight is 355 g/mol. The molecule has 0 aliphatic carbocycles. The molecule has 0 saturated heterocycles. The Hall–Kier alpha value is -2.37. The highest BCUT2D eigenvalue weighted by Gasteiger charge is 2.19. The Morgan fingerprint density at radius 1 is 1.15 bits per heavy atom. The first-order chi connectivity index (χ1) is 12.6. The van der Waals surface area contributed by atoms with Crippen molar-refractivity contribution >= 4 is 5.91 Å². The van der Waals surface area contributed by atoms with Crippen LogP contribution in [-0.4, -0.2) is 37.6 Å². The molecule has 0 heterocycles. The smallest absolute Gasteiger partial charge is 0.251 e. The average Bonchev–Trinajstić information content (AvgIpc) is 2.71. The molecule has 1 unspecified atom stereocenters. The Labute approximate surface area is 156 Å². The molecule has 0 aliphatic heterocycles. The predicted molar refractivity (Wildman–Crippen MR) is 105 cm³/mol. The van der Waals surface area contributed by atoms with E-state index in [4.69, 9.17) is 10.5 Å². The van der Waals surface area contributed by atoms with Crippen LogP contribution in [0.3, 0.4) is 0 Å². The largest absolute Gasteiger partial charge is 0.497 e. The van der Waals surface area contributed by atoms with Gasteiger partial charge in [0.1, 0.15) is 5.75 Å². The van der Waals surface area contributed by atoms with Gasteiger partial charge in [0, 0.05) is 18.7 Å². The molecular weight excluding hydrogens is 326 g/mol. The maximum atomic E-state index is 12.5. The Kier molecular flexibility index (Phi) is 7.63. The fourth-order valence-electron chi connectivity index (χ4n) is 3.05. The number of nitrogens with one attached hydrogen (secondary N) is 1. The van der Waals surface area contributed by atoms with Crippen LogP contribution in [0.15, 0.2) is 48.5 Å². The number of hydrogen-bond acceptors (Lipinski definition) is 4. The van der Waals surface area contributed by atoms with Gasteiger partial charge in [-0.05, 0) is 48.5 Å². The topological polar surface area (TPSA) is 67.6 Å². The number of carbonyl (C=O) groups is 1. The number of nitrogens with zero attached hydrogens (tertiary/aromatic N) is 1. The third kappa shape index (κ3) is 5.07. The van der Waals surface area contributed by atoms with Crippen molar-refractivity contribution in [2.45, 2.75) is 26.4 Å². The summed E-state index contributed by atoms with van der Waals surface area (Å²) in [6.45, 7) is 7.07. The number of methoxy groups -OCH3 is 1. The van der Waals surface area contributed by atoms with Crippen LogP contribution >= 0.6 is 0 Å². The lowest BCUT2D eigenvalue weighted by Crippen LogP contribution is -2.38. The van der Waals surface area contributed by atoms with Crippen LogP contribution in [0.2, 0.25) is 0 Å². The van der Waals surface area contributed by atoms with E-state index in [-0.39, 0.29) is 11.9 Å². The molecule has 5 nitrogen and oxygen atoms in total. The third-order valence-electron chi connectivity index (χ3n) is 4.64. The van der Waals surface area contributed by atoms with Crippen LogP contribution in [0.4, 0.5) is 0 Å². The summed E-state index contributed by atoms with van der Waals surface area (Å²) in [4.78, 5) is 14.8. The van der Waals surface area contributed by atoms with Gasteiger partial charge >= 0.3 is 0 Å². The van der Waals surface area contributed by atoms with E-state index in [1.165, 1.54) is 0 Å². The summed E-state index contributed by atoms with van der Waals surface area (Å²) in [5, 5.41) is 3.07. The second-order valence-corrected chi connectivity index (χ2v) is 6.12. The van der Waals surface area contributed by atoms with Crippen molar-refractivity contribution in [1.82, 2.24) is 10.2 Å². The van der Waals surface area contributed by atoms with Crippen molar-refractivity contribution < 1.29 is 9.53 Å². The van der Waals surface area contributed by atoms with E-state index in [1.54, 1.807) is 7.11 Å².